The van der Waals surface area contributed by atoms with Gasteiger partial charge in [-0.3, -0.25) is 14.3 Å². The van der Waals surface area contributed by atoms with Gasteiger partial charge in [0.25, 0.3) is 11.8 Å². The number of carbonyl (C=O) groups is 2. The summed E-state index contributed by atoms with van der Waals surface area (Å²) in [6.45, 7) is 4.24. The number of hydrogen-bond donors (Lipinski definition) is 1. The molecule has 2 aromatic rings. The molecule has 1 aromatic heterocycles. The van der Waals surface area contributed by atoms with Crippen LogP contribution < -0.4 is 4.72 Å². The lowest BCUT2D eigenvalue weighted by Gasteiger charge is -2.35. The zero-order valence-electron chi connectivity index (χ0n) is 18.2. The number of benzene rings is 1. The first-order valence-corrected chi connectivity index (χ1v) is 12.7. The van der Waals surface area contributed by atoms with Crippen molar-refractivity contribution in [2.24, 2.45) is 0 Å². The van der Waals surface area contributed by atoms with E-state index in [1.54, 1.807) is 11.8 Å². The summed E-state index contributed by atoms with van der Waals surface area (Å²) in [5, 5.41) is 4.90. The molecule has 2 aliphatic rings. The minimum absolute atomic E-state index is 0.141. The lowest BCUT2D eigenvalue weighted by atomic mass is 9.96. The molecule has 1 saturated heterocycles. The summed E-state index contributed by atoms with van der Waals surface area (Å²) >= 11 is 6.13. The maximum absolute atomic E-state index is 13.6. The van der Waals surface area contributed by atoms with E-state index in [9.17, 15) is 18.0 Å². The molecule has 0 aliphatic carbocycles. The Bertz CT molecular complexity index is 1250. The molecule has 0 unspecified atom stereocenters. The van der Waals surface area contributed by atoms with Gasteiger partial charge in [-0.25, -0.2) is 13.1 Å². The number of aromatic nitrogens is 2. The van der Waals surface area contributed by atoms with Gasteiger partial charge in [0.1, 0.15) is 0 Å². The Morgan fingerprint density at radius 3 is 2.69 bits per heavy atom. The van der Waals surface area contributed by atoms with E-state index in [4.69, 9.17) is 11.6 Å². The molecule has 8 nitrogen and oxygen atoms in total. The van der Waals surface area contributed by atoms with Crippen LogP contribution in [0.25, 0.3) is 0 Å². The van der Waals surface area contributed by atoms with Gasteiger partial charge in [0.05, 0.1) is 34.9 Å². The smallest absolute Gasteiger partial charge is 0.274 e. The molecule has 2 aliphatic heterocycles. The van der Waals surface area contributed by atoms with E-state index in [1.165, 1.54) is 22.9 Å². The molecule has 4 rings (SSSR count). The SMILES string of the molecule is CC1=C(C)C(=O)n2nc([C@@H]3CCCCN3C(=O)c3cc(Cl)ccc3NS(C)(=O)=O)cc2C1. The number of rotatable bonds is 4. The maximum Gasteiger partial charge on any atom is 0.274 e. The van der Waals surface area contributed by atoms with Crippen molar-refractivity contribution >= 4 is 39.1 Å². The van der Waals surface area contributed by atoms with Gasteiger partial charge in [-0.1, -0.05) is 17.2 Å². The highest BCUT2D eigenvalue weighted by molar-refractivity contribution is 7.92. The third kappa shape index (κ3) is 4.31. The minimum atomic E-state index is -3.58. The van der Waals surface area contributed by atoms with Gasteiger partial charge < -0.3 is 4.90 Å². The van der Waals surface area contributed by atoms with Gasteiger partial charge >= 0.3 is 0 Å². The second kappa shape index (κ2) is 8.37. The van der Waals surface area contributed by atoms with E-state index < -0.39 is 10.0 Å². The fraction of sp³-hybridized carbons (Fsp3) is 0.409. The zero-order valence-corrected chi connectivity index (χ0v) is 19.8. The maximum atomic E-state index is 13.6. The van der Waals surface area contributed by atoms with E-state index in [-0.39, 0.29) is 29.1 Å². The monoisotopic (exact) mass is 476 g/mol. The molecule has 0 spiro atoms. The summed E-state index contributed by atoms with van der Waals surface area (Å²) in [7, 11) is -3.58. The van der Waals surface area contributed by atoms with Crippen molar-refractivity contribution in [1.82, 2.24) is 14.7 Å². The van der Waals surface area contributed by atoms with E-state index in [2.05, 4.69) is 9.82 Å². The van der Waals surface area contributed by atoms with Crippen molar-refractivity contribution in [2.75, 3.05) is 17.5 Å². The number of nitrogens with zero attached hydrogens (tertiary/aromatic N) is 3. The van der Waals surface area contributed by atoms with Crippen LogP contribution in [0.5, 0.6) is 0 Å². The molecule has 0 radical (unpaired) electrons. The van der Waals surface area contributed by atoms with E-state index in [0.29, 0.717) is 35.7 Å². The van der Waals surface area contributed by atoms with Crippen LogP contribution in [0.3, 0.4) is 0 Å². The first-order chi connectivity index (χ1) is 15.0. The van der Waals surface area contributed by atoms with Gasteiger partial charge in [0, 0.05) is 23.6 Å². The van der Waals surface area contributed by atoms with Crippen LogP contribution in [-0.2, 0) is 16.4 Å². The number of nitrogens with one attached hydrogen (secondary N) is 1. The minimum Gasteiger partial charge on any atom is -0.330 e. The van der Waals surface area contributed by atoms with Crippen LogP contribution in [0.2, 0.25) is 5.02 Å². The molecule has 170 valence electrons. The fourth-order valence-electron chi connectivity index (χ4n) is 4.27. The molecular weight excluding hydrogens is 452 g/mol. The Balaban J connectivity index is 1.70. The van der Waals surface area contributed by atoms with Gasteiger partial charge in [-0.2, -0.15) is 5.10 Å². The Morgan fingerprint density at radius 2 is 1.97 bits per heavy atom. The van der Waals surface area contributed by atoms with Gasteiger partial charge in [0.2, 0.25) is 10.0 Å². The molecule has 1 atom stereocenters. The Labute approximate surface area is 192 Å². The summed E-state index contributed by atoms with van der Waals surface area (Å²) < 4.78 is 27.4. The van der Waals surface area contributed by atoms with Crippen LogP contribution in [0.15, 0.2) is 35.4 Å². The molecule has 1 aromatic carbocycles. The molecule has 1 amide bonds. The predicted octanol–water partition coefficient (Wildman–Crippen LogP) is 3.81. The Morgan fingerprint density at radius 1 is 1.22 bits per heavy atom. The zero-order chi connectivity index (χ0) is 23.2. The lowest BCUT2D eigenvalue weighted by Crippen LogP contribution is -2.39. The predicted molar refractivity (Wildman–Crippen MR) is 122 cm³/mol. The number of amides is 1. The number of halogens is 1. The molecule has 0 saturated carbocycles. The van der Waals surface area contributed by atoms with Crippen LogP contribution in [-0.4, -0.2) is 47.7 Å². The van der Waals surface area contributed by atoms with Crippen molar-refractivity contribution in [3.8, 4) is 0 Å². The van der Waals surface area contributed by atoms with Crippen molar-refractivity contribution in [1.29, 1.82) is 0 Å². The van der Waals surface area contributed by atoms with Crippen molar-refractivity contribution in [2.45, 2.75) is 45.6 Å². The van der Waals surface area contributed by atoms with E-state index in [1.807, 2.05) is 13.0 Å². The number of fused-ring (bicyclic) bond motifs is 1. The van der Waals surface area contributed by atoms with Crippen molar-refractivity contribution in [3.05, 3.63) is 57.4 Å². The molecule has 1 N–H and O–H groups in total. The van der Waals surface area contributed by atoms with Crippen LogP contribution in [0.1, 0.15) is 65.7 Å². The average Bonchev–Trinajstić information content (AvgIpc) is 3.16. The Kier molecular flexibility index (Phi) is 5.89. The molecule has 0 bridgehead atoms. The van der Waals surface area contributed by atoms with E-state index >= 15 is 0 Å². The first-order valence-electron chi connectivity index (χ1n) is 10.4. The normalized spacial score (nSPS) is 19.2. The number of anilines is 1. The largest absolute Gasteiger partial charge is 0.330 e. The topological polar surface area (TPSA) is 101 Å². The summed E-state index contributed by atoms with van der Waals surface area (Å²) in [6.07, 6.45) is 4.12. The summed E-state index contributed by atoms with van der Waals surface area (Å²) in [6, 6.07) is 6.08. The number of allylic oxidation sites excluding steroid dienone is 2. The van der Waals surface area contributed by atoms with Gasteiger partial charge in [-0.05, 0) is 57.4 Å². The number of piperidine rings is 1. The lowest BCUT2D eigenvalue weighted by molar-refractivity contribution is 0.0606. The third-order valence-electron chi connectivity index (χ3n) is 6.01. The summed E-state index contributed by atoms with van der Waals surface area (Å²) in [5.41, 5.74) is 3.56. The highest BCUT2D eigenvalue weighted by Crippen LogP contribution is 2.35. The van der Waals surface area contributed by atoms with E-state index in [0.717, 1.165) is 30.4 Å². The van der Waals surface area contributed by atoms with Crippen LogP contribution in [0.4, 0.5) is 5.69 Å². The van der Waals surface area contributed by atoms with Crippen molar-refractivity contribution < 1.29 is 18.0 Å². The average molecular weight is 477 g/mol. The summed E-state index contributed by atoms with van der Waals surface area (Å²) in [4.78, 5) is 27.9. The van der Waals surface area contributed by atoms with Crippen molar-refractivity contribution in [3.63, 3.8) is 0 Å². The number of sulfonamides is 1. The molecule has 10 heteroatoms. The first kappa shape index (κ1) is 22.5. The van der Waals surface area contributed by atoms with Gasteiger partial charge in [-0.15, -0.1) is 0 Å². The third-order valence-corrected chi connectivity index (χ3v) is 6.84. The summed E-state index contributed by atoms with van der Waals surface area (Å²) in [5.74, 6) is -0.468. The van der Waals surface area contributed by atoms with Crippen LogP contribution >= 0.6 is 11.6 Å². The second-order valence-corrected chi connectivity index (χ2v) is 10.6. The van der Waals surface area contributed by atoms with Gasteiger partial charge in [0.15, 0.2) is 0 Å². The number of likely N-dealkylation sites (tertiary alicyclic amines) is 1. The molecule has 32 heavy (non-hydrogen) atoms. The molecule has 3 heterocycles. The Hall–Kier alpha value is -2.65. The van der Waals surface area contributed by atoms with Crippen LogP contribution in [0, 0.1) is 0 Å². The number of hydrogen-bond acceptors (Lipinski definition) is 5. The number of carbonyl (C=O) groups excluding carboxylic acids is 2. The standard InChI is InChI=1S/C22H25ClN4O4S/c1-13-10-16-12-19(24-27(16)21(28)14(13)2)20-6-4-5-9-26(20)22(29)17-11-15(23)7-8-18(17)25-32(3,30)31/h7-8,11-12,20,25H,4-6,9-10H2,1-3H3/t20-/m0/s1. The fourth-order valence-corrected chi connectivity index (χ4v) is 5.02. The highest BCUT2D eigenvalue weighted by Gasteiger charge is 2.34. The quantitative estimate of drug-likeness (QED) is 0.723. The second-order valence-electron chi connectivity index (χ2n) is 8.43. The molecular formula is C22H25ClN4O4S. The highest BCUT2D eigenvalue weighted by atomic mass is 35.5. The molecule has 1 fully saturated rings.